The van der Waals surface area contributed by atoms with Crippen molar-refractivity contribution < 1.29 is 10.2 Å². The summed E-state index contributed by atoms with van der Waals surface area (Å²) in [6.07, 6.45) is 0.882. The molecule has 23 heavy (non-hydrogen) atoms. The number of fused-ring (bicyclic) bond motifs is 1. The molecule has 3 rings (SSSR count). The smallest absolute Gasteiger partial charge is 0.130 e. The number of hydrogen-bond donors (Lipinski definition) is 2. The first-order chi connectivity index (χ1) is 10.9. The summed E-state index contributed by atoms with van der Waals surface area (Å²) in [5.41, 5.74) is 3.37. The van der Waals surface area contributed by atoms with E-state index in [0.717, 1.165) is 27.1 Å². The number of aromatic hydroxyl groups is 2. The van der Waals surface area contributed by atoms with Crippen LogP contribution in [0.3, 0.4) is 0 Å². The van der Waals surface area contributed by atoms with Gasteiger partial charge < -0.3 is 10.2 Å². The van der Waals surface area contributed by atoms with Gasteiger partial charge in [-0.1, -0.05) is 32.5 Å². The largest absolute Gasteiger partial charge is 0.508 e. The SMILES string of the molecule is CCC(C)(C)c1cc(O)c(Sc2ccc3scnc3c2)cc1O. The highest BCUT2D eigenvalue weighted by Gasteiger charge is 2.23. The zero-order valence-corrected chi connectivity index (χ0v) is 15.0. The lowest BCUT2D eigenvalue weighted by atomic mass is 9.81. The molecule has 0 amide bonds. The summed E-state index contributed by atoms with van der Waals surface area (Å²) in [5, 5.41) is 20.7. The van der Waals surface area contributed by atoms with Crippen molar-refractivity contribution in [2.75, 3.05) is 0 Å². The molecule has 2 aromatic carbocycles. The van der Waals surface area contributed by atoms with E-state index >= 15 is 0 Å². The maximum absolute atomic E-state index is 10.4. The summed E-state index contributed by atoms with van der Waals surface area (Å²) in [6, 6.07) is 9.36. The Hall–Kier alpha value is -1.72. The fourth-order valence-corrected chi connectivity index (χ4v) is 3.95. The van der Waals surface area contributed by atoms with Crippen LogP contribution in [0, 0.1) is 0 Å². The van der Waals surface area contributed by atoms with E-state index in [9.17, 15) is 10.2 Å². The maximum atomic E-state index is 10.4. The molecule has 0 atom stereocenters. The van der Waals surface area contributed by atoms with E-state index in [2.05, 4.69) is 25.8 Å². The first-order valence-electron chi connectivity index (χ1n) is 7.48. The minimum absolute atomic E-state index is 0.176. The molecule has 2 N–H and O–H groups in total. The fourth-order valence-electron chi connectivity index (χ4n) is 2.40. The van der Waals surface area contributed by atoms with Crippen molar-refractivity contribution in [3.8, 4) is 11.5 Å². The monoisotopic (exact) mass is 345 g/mol. The quantitative estimate of drug-likeness (QED) is 0.609. The third kappa shape index (κ3) is 3.16. The van der Waals surface area contributed by atoms with E-state index in [4.69, 9.17) is 0 Å². The Balaban J connectivity index is 1.95. The Labute approximate surface area is 144 Å². The van der Waals surface area contributed by atoms with Gasteiger partial charge in [0.1, 0.15) is 11.5 Å². The van der Waals surface area contributed by atoms with Crippen molar-refractivity contribution in [1.29, 1.82) is 0 Å². The number of rotatable bonds is 4. The van der Waals surface area contributed by atoms with Gasteiger partial charge in [-0.2, -0.15) is 0 Å². The van der Waals surface area contributed by atoms with E-state index in [1.165, 1.54) is 11.8 Å². The van der Waals surface area contributed by atoms with Gasteiger partial charge in [-0.05, 0) is 42.2 Å². The first-order valence-corrected chi connectivity index (χ1v) is 9.18. The maximum Gasteiger partial charge on any atom is 0.130 e. The summed E-state index contributed by atoms with van der Waals surface area (Å²) >= 11 is 3.03. The highest BCUT2D eigenvalue weighted by Crippen LogP contribution is 2.43. The number of benzene rings is 2. The summed E-state index contributed by atoms with van der Waals surface area (Å²) in [4.78, 5) is 5.94. The van der Waals surface area contributed by atoms with Gasteiger partial charge in [-0.15, -0.1) is 11.3 Å². The van der Waals surface area contributed by atoms with Crippen LogP contribution < -0.4 is 0 Å². The Kier molecular flexibility index (Phi) is 4.25. The lowest BCUT2D eigenvalue weighted by molar-refractivity contribution is 0.414. The fraction of sp³-hybridized carbons (Fsp3) is 0.278. The van der Waals surface area contributed by atoms with Crippen molar-refractivity contribution in [1.82, 2.24) is 4.98 Å². The summed E-state index contributed by atoms with van der Waals surface area (Å²) < 4.78 is 1.14. The second kappa shape index (κ2) is 6.06. The summed E-state index contributed by atoms with van der Waals surface area (Å²) in [6.45, 7) is 6.19. The predicted octanol–water partition coefficient (Wildman–Crippen LogP) is 5.55. The van der Waals surface area contributed by atoms with Crippen LogP contribution in [0.2, 0.25) is 0 Å². The zero-order valence-electron chi connectivity index (χ0n) is 13.3. The number of thiazole rings is 1. The molecule has 1 aromatic heterocycles. The molecule has 0 saturated carbocycles. The third-order valence-electron chi connectivity index (χ3n) is 4.22. The molecular formula is C18H19NO2S2. The highest BCUT2D eigenvalue weighted by atomic mass is 32.2. The molecule has 0 unspecified atom stereocenters. The van der Waals surface area contributed by atoms with Crippen LogP contribution in [0.1, 0.15) is 32.8 Å². The lowest BCUT2D eigenvalue weighted by Gasteiger charge is -2.25. The average Bonchev–Trinajstić information content (AvgIpc) is 2.98. The van der Waals surface area contributed by atoms with Crippen LogP contribution in [-0.2, 0) is 5.41 Å². The number of nitrogens with zero attached hydrogens (tertiary/aromatic N) is 1. The molecule has 120 valence electrons. The highest BCUT2D eigenvalue weighted by molar-refractivity contribution is 7.99. The van der Waals surface area contributed by atoms with Gasteiger partial charge in [0, 0.05) is 10.5 Å². The molecule has 0 aliphatic rings. The van der Waals surface area contributed by atoms with Gasteiger partial charge in [0.05, 0.1) is 20.6 Å². The second-order valence-corrected chi connectivity index (χ2v) is 8.16. The average molecular weight is 345 g/mol. The van der Waals surface area contributed by atoms with E-state index in [1.807, 2.05) is 23.7 Å². The molecule has 0 radical (unpaired) electrons. The molecule has 1 heterocycles. The number of hydrogen-bond acceptors (Lipinski definition) is 5. The van der Waals surface area contributed by atoms with Crippen LogP contribution in [0.25, 0.3) is 10.2 Å². The minimum Gasteiger partial charge on any atom is -0.508 e. The molecule has 0 saturated heterocycles. The lowest BCUT2D eigenvalue weighted by Crippen LogP contribution is -2.15. The molecular weight excluding hydrogens is 326 g/mol. The zero-order chi connectivity index (χ0) is 16.6. The second-order valence-electron chi connectivity index (χ2n) is 6.16. The van der Waals surface area contributed by atoms with Crippen molar-refractivity contribution in [2.45, 2.75) is 42.4 Å². The van der Waals surface area contributed by atoms with Gasteiger partial charge >= 0.3 is 0 Å². The molecule has 0 fully saturated rings. The van der Waals surface area contributed by atoms with E-state index < -0.39 is 0 Å². The third-order valence-corrected chi connectivity index (χ3v) is 6.07. The Bertz CT molecular complexity index is 855. The van der Waals surface area contributed by atoms with Gasteiger partial charge in [0.15, 0.2) is 0 Å². The Morgan fingerprint density at radius 3 is 2.65 bits per heavy atom. The first kappa shape index (κ1) is 16.1. The van der Waals surface area contributed by atoms with Gasteiger partial charge in [0.2, 0.25) is 0 Å². The predicted molar refractivity (Wildman–Crippen MR) is 96.8 cm³/mol. The van der Waals surface area contributed by atoms with Crippen LogP contribution >= 0.6 is 23.1 Å². The van der Waals surface area contributed by atoms with Crippen molar-refractivity contribution in [2.24, 2.45) is 0 Å². The number of phenols is 2. The van der Waals surface area contributed by atoms with Crippen molar-refractivity contribution in [3.63, 3.8) is 0 Å². The van der Waals surface area contributed by atoms with Gasteiger partial charge in [-0.3, -0.25) is 0 Å². The topological polar surface area (TPSA) is 53.4 Å². The number of phenolic OH excluding ortho intramolecular Hbond substituents is 2. The van der Waals surface area contributed by atoms with Gasteiger partial charge in [-0.25, -0.2) is 4.98 Å². The standard InChI is InChI=1S/C18H19NO2S2/c1-4-18(2,3)12-8-15(21)17(9-14(12)20)23-11-5-6-16-13(7-11)19-10-22-16/h5-10,20-21H,4H2,1-3H3. The summed E-state index contributed by atoms with van der Waals surface area (Å²) in [5.74, 6) is 0.426. The van der Waals surface area contributed by atoms with Crippen LogP contribution in [0.5, 0.6) is 11.5 Å². The molecule has 0 aliphatic heterocycles. The van der Waals surface area contributed by atoms with E-state index in [-0.39, 0.29) is 16.9 Å². The molecule has 0 spiro atoms. The van der Waals surface area contributed by atoms with Crippen molar-refractivity contribution >= 4 is 33.3 Å². The van der Waals surface area contributed by atoms with Gasteiger partial charge in [0.25, 0.3) is 0 Å². The molecule has 0 aliphatic carbocycles. The van der Waals surface area contributed by atoms with Crippen LogP contribution in [0.4, 0.5) is 0 Å². The van der Waals surface area contributed by atoms with E-state index in [0.29, 0.717) is 4.90 Å². The van der Waals surface area contributed by atoms with Crippen LogP contribution in [-0.4, -0.2) is 15.2 Å². The molecule has 5 heteroatoms. The molecule has 3 nitrogen and oxygen atoms in total. The number of aromatic nitrogens is 1. The molecule has 0 bridgehead atoms. The van der Waals surface area contributed by atoms with E-state index in [1.54, 1.807) is 23.5 Å². The Morgan fingerprint density at radius 1 is 1.13 bits per heavy atom. The normalized spacial score (nSPS) is 12.0. The van der Waals surface area contributed by atoms with Crippen molar-refractivity contribution in [3.05, 3.63) is 41.4 Å². The summed E-state index contributed by atoms with van der Waals surface area (Å²) in [7, 11) is 0. The molecule has 3 aromatic rings. The van der Waals surface area contributed by atoms with Crippen LogP contribution in [0.15, 0.2) is 45.6 Å². The minimum atomic E-state index is -0.176. The Morgan fingerprint density at radius 2 is 1.91 bits per heavy atom.